The number of nitrogens with one attached hydrogen (secondary N) is 1. The van der Waals surface area contributed by atoms with E-state index in [1.807, 2.05) is 13.0 Å². The quantitative estimate of drug-likeness (QED) is 0.718. The predicted octanol–water partition coefficient (Wildman–Crippen LogP) is 2.21. The van der Waals surface area contributed by atoms with Crippen LogP contribution in [0.15, 0.2) is 9.85 Å². The zero-order chi connectivity index (χ0) is 14.0. The van der Waals surface area contributed by atoms with Crippen molar-refractivity contribution >= 4 is 33.2 Å². The number of hydrogen-bond acceptors (Lipinski definition) is 4. The van der Waals surface area contributed by atoms with E-state index in [-0.39, 0.29) is 11.9 Å². The van der Waals surface area contributed by atoms with Gasteiger partial charge in [0.2, 0.25) is 0 Å². The molecule has 3 N–H and O–H groups in total. The van der Waals surface area contributed by atoms with Crippen molar-refractivity contribution in [1.29, 1.82) is 0 Å². The molecule has 0 aromatic carbocycles. The molecule has 19 heavy (non-hydrogen) atoms. The number of amides is 1. The molecule has 3 atom stereocenters. The number of halogens is 1. The second-order valence-corrected chi connectivity index (χ2v) is 7.58. The number of aliphatic hydroxyl groups is 2. The van der Waals surface area contributed by atoms with Crippen LogP contribution in [0.25, 0.3) is 0 Å². The zero-order valence-electron chi connectivity index (χ0n) is 10.7. The van der Waals surface area contributed by atoms with Crippen molar-refractivity contribution in [3.05, 3.63) is 20.3 Å². The Labute approximate surface area is 125 Å². The molecule has 1 aliphatic rings. The molecule has 1 aromatic heterocycles. The summed E-state index contributed by atoms with van der Waals surface area (Å²) in [4.78, 5) is 13.2. The van der Waals surface area contributed by atoms with Crippen molar-refractivity contribution in [3.63, 3.8) is 0 Å². The second kappa shape index (κ2) is 6.35. The molecule has 1 heterocycles. The van der Waals surface area contributed by atoms with Gasteiger partial charge in [-0.1, -0.05) is 0 Å². The summed E-state index contributed by atoms with van der Waals surface area (Å²) in [5.41, 5.74) is 0.660. The summed E-state index contributed by atoms with van der Waals surface area (Å²) in [7, 11) is 0. The van der Waals surface area contributed by atoms with Gasteiger partial charge in [0.15, 0.2) is 0 Å². The topological polar surface area (TPSA) is 69.6 Å². The largest absolute Gasteiger partial charge is 0.390 e. The molecule has 4 nitrogen and oxygen atoms in total. The zero-order valence-corrected chi connectivity index (χ0v) is 13.1. The summed E-state index contributed by atoms with van der Waals surface area (Å²) < 4.78 is 0.844. The highest BCUT2D eigenvalue weighted by Crippen LogP contribution is 2.28. The van der Waals surface area contributed by atoms with Gasteiger partial charge in [-0.2, -0.15) is 0 Å². The molecular formula is C13H18BrNO3S. The van der Waals surface area contributed by atoms with Crippen LogP contribution in [0.1, 0.15) is 40.9 Å². The van der Waals surface area contributed by atoms with E-state index < -0.39 is 12.2 Å². The molecule has 1 amide bonds. The second-order valence-electron chi connectivity index (χ2n) is 5.00. The minimum absolute atomic E-state index is 0.0198. The Morgan fingerprint density at radius 1 is 1.32 bits per heavy atom. The number of aliphatic hydroxyl groups excluding tert-OH is 2. The van der Waals surface area contributed by atoms with Gasteiger partial charge in [-0.15, -0.1) is 11.3 Å². The lowest BCUT2D eigenvalue weighted by molar-refractivity contribution is 0.0157. The van der Waals surface area contributed by atoms with E-state index in [1.165, 1.54) is 0 Å². The van der Waals surface area contributed by atoms with Crippen molar-refractivity contribution in [2.45, 2.75) is 50.9 Å². The molecule has 1 unspecified atom stereocenters. The average Bonchev–Trinajstić information content (AvgIpc) is 2.62. The Morgan fingerprint density at radius 3 is 2.37 bits per heavy atom. The van der Waals surface area contributed by atoms with E-state index in [0.29, 0.717) is 31.2 Å². The van der Waals surface area contributed by atoms with E-state index in [0.717, 1.165) is 8.66 Å². The van der Waals surface area contributed by atoms with Crippen molar-refractivity contribution in [2.24, 2.45) is 0 Å². The molecule has 1 aliphatic carbocycles. The maximum Gasteiger partial charge on any atom is 0.253 e. The van der Waals surface area contributed by atoms with Gasteiger partial charge in [0, 0.05) is 10.9 Å². The van der Waals surface area contributed by atoms with Crippen molar-refractivity contribution < 1.29 is 15.0 Å². The standard InChI is InChI=1S/C13H18BrNO3S/c1-7-6-9(12(14)19-7)13(18)15-8-2-4-10(16)11(17)5-3-8/h6,8,10-11,16-17H,2-5H2,1H3,(H,15,18)/t8?,10-,11+. The Morgan fingerprint density at radius 2 is 1.89 bits per heavy atom. The molecule has 0 radical (unpaired) electrons. The molecule has 1 fully saturated rings. The monoisotopic (exact) mass is 347 g/mol. The summed E-state index contributed by atoms with van der Waals surface area (Å²) in [6, 6.07) is 1.89. The molecule has 0 saturated heterocycles. The van der Waals surface area contributed by atoms with E-state index in [2.05, 4.69) is 21.2 Å². The number of carbonyl (C=O) groups is 1. The third-order valence-corrected chi connectivity index (χ3v) is 5.21. The summed E-state index contributed by atoms with van der Waals surface area (Å²) in [5, 5.41) is 22.2. The maximum absolute atomic E-state index is 12.2. The minimum Gasteiger partial charge on any atom is -0.390 e. The molecule has 0 spiro atoms. The molecule has 0 bridgehead atoms. The molecule has 0 aliphatic heterocycles. The van der Waals surface area contributed by atoms with Crippen LogP contribution in [0.2, 0.25) is 0 Å². The molecule has 106 valence electrons. The van der Waals surface area contributed by atoms with Crippen LogP contribution in [0.5, 0.6) is 0 Å². The fourth-order valence-corrected chi connectivity index (χ4v) is 4.10. The highest BCUT2D eigenvalue weighted by molar-refractivity contribution is 9.11. The lowest BCUT2D eigenvalue weighted by Gasteiger charge is -2.15. The van der Waals surface area contributed by atoms with E-state index in [4.69, 9.17) is 0 Å². The molecule has 1 aromatic rings. The fraction of sp³-hybridized carbons (Fsp3) is 0.615. The van der Waals surface area contributed by atoms with Gasteiger partial charge in [-0.3, -0.25) is 4.79 Å². The summed E-state index contributed by atoms with van der Waals surface area (Å²) in [6.45, 7) is 1.96. The summed E-state index contributed by atoms with van der Waals surface area (Å²) in [5.74, 6) is -0.0906. The highest BCUT2D eigenvalue weighted by Gasteiger charge is 2.25. The predicted molar refractivity (Wildman–Crippen MR) is 78.5 cm³/mol. The van der Waals surface area contributed by atoms with Crippen molar-refractivity contribution in [1.82, 2.24) is 5.32 Å². The Balaban J connectivity index is 1.97. The van der Waals surface area contributed by atoms with Crippen LogP contribution < -0.4 is 5.32 Å². The maximum atomic E-state index is 12.2. The van der Waals surface area contributed by atoms with Gasteiger partial charge in [0.05, 0.1) is 21.6 Å². The van der Waals surface area contributed by atoms with Crippen LogP contribution in [-0.2, 0) is 0 Å². The third-order valence-electron chi connectivity index (χ3n) is 3.46. The smallest absolute Gasteiger partial charge is 0.253 e. The number of carbonyl (C=O) groups excluding carboxylic acids is 1. The van der Waals surface area contributed by atoms with Crippen LogP contribution >= 0.6 is 27.3 Å². The first-order valence-corrected chi connectivity index (χ1v) is 8.01. The van der Waals surface area contributed by atoms with Gasteiger partial charge >= 0.3 is 0 Å². The van der Waals surface area contributed by atoms with E-state index in [1.54, 1.807) is 11.3 Å². The lowest BCUT2D eigenvalue weighted by atomic mass is 10.1. The third kappa shape index (κ3) is 3.78. The first-order valence-electron chi connectivity index (χ1n) is 6.40. The number of aryl methyl sites for hydroxylation is 1. The average molecular weight is 348 g/mol. The minimum atomic E-state index is -0.669. The normalized spacial score (nSPS) is 27.9. The Bertz CT molecular complexity index is 451. The van der Waals surface area contributed by atoms with Crippen LogP contribution in [0, 0.1) is 6.92 Å². The number of thiophene rings is 1. The van der Waals surface area contributed by atoms with Crippen molar-refractivity contribution in [3.8, 4) is 0 Å². The number of hydrogen-bond donors (Lipinski definition) is 3. The first-order chi connectivity index (χ1) is 8.97. The van der Waals surface area contributed by atoms with Crippen LogP contribution in [0.4, 0.5) is 0 Å². The van der Waals surface area contributed by atoms with Crippen LogP contribution in [0.3, 0.4) is 0 Å². The van der Waals surface area contributed by atoms with E-state index in [9.17, 15) is 15.0 Å². The van der Waals surface area contributed by atoms with Gasteiger partial charge < -0.3 is 15.5 Å². The molecule has 6 heteroatoms. The lowest BCUT2D eigenvalue weighted by Crippen LogP contribution is -2.34. The molecular weight excluding hydrogens is 330 g/mol. The van der Waals surface area contributed by atoms with E-state index >= 15 is 0 Å². The first kappa shape index (κ1) is 15.0. The molecule has 2 rings (SSSR count). The summed E-state index contributed by atoms with van der Waals surface area (Å²) in [6.07, 6.45) is 1.11. The van der Waals surface area contributed by atoms with Gasteiger partial charge in [0.25, 0.3) is 5.91 Å². The molecule has 1 saturated carbocycles. The Kier molecular flexibility index (Phi) is 5.00. The Hall–Kier alpha value is -0.430. The summed E-state index contributed by atoms with van der Waals surface area (Å²) >= 11 is 4.94. The van der Waals surface area contributed by atoms with Crippen molar-refractivity contribution in [2.75, 3.05) is 0 Å². The number of rotatable bonds is 2. The SMILES string of the molecule is Cc1cc(C(=O)NC2CC[C@@H](O)[C@@H](O)CC2)c(Br)s1. The van der Waals surface area contributed by atoms with Gasteiger partial charge in [-0.25, -0.2) is 0 Å². The fourth-order valence-electron chi connectivity index (χ4n) is 2.32. The van der Waals surface area contributed by atoms with Crippen LogP contribution in [-0.4, -0.2) is 34.4 Å². The highest BCUT2D eigenvalue weighted by atomic mass is 79.9. The van der Waals surface area contributed by atoms with Gasteiger partial charge in [0.1, 0.15) is 0 Å². The van der Waals surface area contributed by atoms with Gasteiger partial charge in [-0.05, 0) is 54.6 Å².